The van der Waals surface area contributed by atoms with E-state index in [0.717, 1.165) is 54.4 Å². The second-order valence-corrected chi connectivity index (χ2v) is 7.83. The minimum atomic E-state index is -0.853. The highest BCUT2D eigenvalue weighted by atomic mass is 16.6. The van der Waals surface area contributed by atoms with E-state index in [1.165, 1.54) is 12.5 Å². The molecule has 4 N–H and O–H groups in total. The third-order valence-electron chi connectivity index (χ3n) is 5.35. The van der Waals surface area contributed by atoms with Crippen LogP contribution in [0.15, 0.2) is 62.1 Å². The van der Waals surface area contributed by atoms with E-state index in [9.17, 15) is 9.59 Å². The second-order valence-electron chi connectivity index (χ2n) is 7.83. The molecule has 0 aliphatic heterocycles. The van der Waals surface area contributed by atoms with Crippen LogP contribution in [0.4, 0.5) is 9.59 Å². The molecule has 0 aliphatic rings. The van der Waals surface area contributed by atoms with Gasteiger partial charge in [-0.3, -0.25) is 0 Å². The maximum absolute atomic E-state index is 11.6. The Bertz CT molecular complexity index is 988. The summed E-state index contributed by atoms with van der Waals surface area (Å²) in [7, 11) is 0. The van der Waals surface area contributed by atoms with Gasteiger partial charge in [0.05, 0.1) is 25.7 Å². The number of hydrogen-bond acceptors (Lipinski definition) is 6. The van der Waals surface area contributed by atoms with Crippen molar-refractivity contribution in [3.63, 3.8) is 0 Å². The molecule has 0 atom stereocenters. The lowest BCUT2D eigenvalue weighted by atomic mass is 9.89. The summed E-state index contributed by atoms with van der Waals surface area (Å²) in [6.45, 7) is 8.30. The normalized spacial score (nSPS) is 10.3. The fourth-order valence-electron chi connectivity index (χ4n) is 3.83. The van der Waals surface area contributed by atoms with Gasteiger partial charge in [-0.05, 0) is 85.4 Å². The predicted octanol–water partition coefficient (Wildman–Crippen LogP) is 5.16. The molecule has 188 valence electrons. The van der Waals surface area contributed by atoms with E-state index in [-0.39, 0.29) is 0 Å². The van der Waals surface area contributed by atoms with Crippen LogP contribution in [-0.4, -0.2) is 25.4 Å². The van der Waals surface area contributed by atoms with E-state index >= 15 is 0 Å². The number of ether oxygens (including phenoxy) is 4. The summed E-state index contributed by atoms with van der Waals surface area (Å²) in [6.07, 6.45) is 6.74. The molecule has 35 heavy (non-hydrogen) atoms. The number of carbonyl (C=O) groups excluding carboxylic acids is 2. The van der Waals surface area contributed by atoms with Crippen molar-refractivity contribution in [1.29, 1.82) is 0 Å². The highest BCUT2D eigenvalue weighted by Crippen LogP contribution is 2.31. The van der Waals surface area contributed by atoms with Crippen molar-refractivity contribution < 1.29 is 28.5 Å². The van der Waals surface area contributed by atoms with Crippen molar-refractivity contribution in [2.45, 2.75) is 44.9 Å². The van der Waals surface area contributed by atoms with Crippen molar-refractivity contribution in [3.8, 4) is 11.5 Å². The lowest BCUT2D eigenvalue weighted by Gasteiger charge is -2.19. The Morgan fingerprint density at radius 3 is 1.86 bits per heavy atom. The third kappa shape index (κ3) is 9.83. The van der Waals surface area contributed by atoms with Crippen LogP contribution in [0.2, 0.25) is 0 Å². The molecule has 0 fully saturated rings. The molecule has 0 radical (unpaired) electrons. The van der Waals surface area contributed by atoms with Crippen LogP contribution in [0, 0.1) is 0 Å². The van der Waals surface area contributed by atoms with Crippen molar-refractivity contribution in [3.05, 3.63) is 84.3 Å². The summed E-state index contributed by atoms with van der Waals surface area (Å²) >= 11 is 0. The number of unbranched alkanes of at least 4 members (excludes halogenated alkanes) is 2. The number of amides is 2. The Morgan fingerprint density at radius 2 is 1.31 bits per heavy atom. The van der Waals surface area contributed by atoms with E-state index in [1.807, 2.05) is 18.2 Å². The summed E-state index contributed by atoms with van der Waals surface area (Å²) in [4.78, 5) is 22.5. The van der Waals surface area contributed by atoms with Crippen LogP contribution in [0.3, 0.4) is 0 Å². The zero-order valence-electron chi connectivity index (χ0n) is 20.0. The average molecular weight is 483 g/mol. The second kappa shape index (κ2) is 15.1. The molecule has 0 bridgehead atoms. The van der Waals surface area contributed by atoms with Gasteiger partial charge in [0.2, 0.25) is 0 Å². The standard InChI is InChI=1S/C27H34N2O6/c1-3-32-17-7-5-9-23-21(19-20-11-14-22(15-12-20)34-26(28)30)13-16-25(35-27(29)31)24(23)10-6-8-18-33-4-2/h3-4,11-16H,1-2,5-10,17-19H2,(H2,28,30)(H2,29,31). The highest BCUT2D eigenvalue weighted by Gasteiger charge is 2.16. The van der Waals surface area contributed by atoms with E-state index in [0.29, 0.717) is 37.6 Å². The molecule has 8 nitrogen and oxygen atoms in total. The van der Waals surface area contributed by atoms with Crippen LogP contribution in [0.5, 0.6) is 11.5 Å². The molecule has 0 saturated heterocycles. The maximum atomic E-state index is 11.6. The minimum absolute atomic E-state index is 0.385. The molecular weight excluding hydrogens is 448 g/mol. The van der Waals surface area contributed by atoms with Gasteiger partial charge in [-0.15, -0.1) is 0 Å². The van der Waals surface area contributed by atoms with E-state index in [2.05, 4.69) is 13.2 Å². The van der Waals surface area contributed by atoms with Crippen molar-refractivity contribution in [2.75, 3.05) is 13.2 Å². The molecule has 0 unspecified atom stereocenters. The van der Waals surface area contributed by atoms with Gasteiger partial charge < -0.3 is 30.4 Å². The molecule has 8 heteroatoms. The van der Waals surface area contributed by atoms with Crippen LogP contribution in [0.25, 0.3) is 0 Å². The maximum Gasteiger partial charge on any atom is 0.409 e. The van der Waals surface area contributed by atoms with Crippen LogP contribution < -0.4 is 20.9 Å². The quantitative estimate of drug-likeness (QED) is 0.252. The fourth-order valence-corrected chi connectivity index (χ4v) is 3.83. The van der Waals surface area contributed by atoms with Crippen molar-refractivity contribution >= 4 is 12.2 Å². The monoisotopic (exact) mass is 482 g/mol. The fraction of sp³-hybridized carbons (Fsp3) is 0.333. The Kier molecular flexibility index (Phi) is 11.7. The average Bonchev–Trinajstić information content (AvgIpc) is 2.81. The molecule has 0 aromatic heterocycles. The molecule has 2 rings (SSSR count). The highest BCUT2D eigenvalue weighted by molar-refractivity contribution is 5.69. The zero-order valence-corrected chi connectivity index (χ0v) is 20.0. The molecule has 0 aliphatic carbocycles. The van der Waals surface area contributed by atoms with Crippen LogP contribution in [-0.2, 0) is 28.7 Å². The van der Waals surface area contributed by atoms with Gasteiger partial charge in [0, 0.05) is 0 Å². The first-order chi connectivity index (χ1) is 16.9. The van der Waals surface area contributed by atoms with Crippen molar-refractivity contribution in [1.82, 2.24) is 0 Å². The Labute approximate surface area is 206 Å². The molecule has 0 spiro atoms. The zero-order chi connectivity index (χ0) is 25.5. The van der Waals surface area contributed by atoms with Gasteiger partial charge >= 0.3 is 12.2 Å². The van der Waals surface area contributed by atoms with Crippen LogP contribution >= 0.6 is 0 Å². The first kappa shape index (κ1) is 27.3. The number of carbonyl (C=O) groups is 2. The van der Waals surface area contributed by atoms with E-state index < -0.39 is 12.2 Å². The summed E-state index contributed by atoms with van der Waals surface area (Å²) in [5.41, 5.74) is 14.7. The number of rotatable bonds is 16. The summed E-state index contributed by atoms with van der Waals surface area (Å²) in [6, 6.07) is 11.0. The summed E-state index contributed by atoms with van der Waals surface area (Å²) < 4.78 is 20.8. The number of benzene rings is 2. The smallest absolute Gasteiger partial charge is 0.409 e. The summed E-state index contributed by atoms with van der Waals surface area (Å²) in [5.74, 6) is 0.866. The number of hydrogen-bond donors (Lipinski definition) is 2. The summed E-state index contributed by atoms with van der Waals surface area (Å²) in [5, 5.41) is 0. The largest absolute Gasteiger partial charge is 0.502 e. The van der Waals surface area contributed by atoms with Gasteiger partial charge in [0.15, 0.2) is 0 Å². The number of nitrogens with two attached hydrogens (primary N) is 2. The molecule has 2 amide bonds. The first-order valence-electron chi connectivity index (χ1n) is 11.6. The van der Waals surface area contributed by atoms with Gasteiger partial charge in [-0.1, -0.05) is 31.4 Å². The third-order valence-corrected chi connectivity index (χ3v) is 5.35. The van der Waals surface area contributed by atoms with Gasteiger partial charge in [0.25, 0.3) is 0 Å². The van der Waals surface area contributed by atoms with Crippen LogP contribution in [0.1, 0.15) is 47.9 Å². The molecule has 0 heterocycles. The van der Waals surface area contributed by atoms with Gasteiger partial charge in [0.1, 0.15) is 11.5 Å². The molecule has 2 aromatic rings. The molecule has 2 aromatic carbocycles. The Hall–Kier alpha value is -3.94. The lowest BCUT2D eigenvalue weighted by Crippen LogP contribution is -2.18. The lowest BCUT2D eigenvalue weighted by molar-refractivity contribution is 0.209. The van der Waals surface area contributed by atoms with Gasteiger partial charge in [-0.25, -0.2) is 9.59 Å². The molecule has 0 saturated carbocycles. The van der Waals surface area contributed by atoms with E-state index in [1.54, 1.807) is 18.2 Å². The minimum Gasteiger partial charge on any atom is -0.502 e. The predicted molar refractivity (Wildman–Crippen MR) is 134 cm³/mol. The number of primary amides is 2. The topological polar surface area (TPSA) is 123 Å². The Morgan fingerprint density at radius 1 is 0.743 bits per heavy atom. The molecular formula is C27H34N2O6. The van der Waals surface area contributed by atoms with Gasteiger partial charge in [-0.2, -0.15) is 0 Å². The van der Waals surface area contributed by atoms with E-state index in [4.69, 9.17) is 30.4 Å². The Balaban J connectivity index is 2.32. The first-order valence-corrected chi connectivity index (χ1v) is 11.6. The van der Waals surface area contributed by atoms with Crippen molar-refractivity contribution in [2.24, 2.45) is 11.5 Å². The SMILES string of the molecule is C=COCCCCc1c(Cc2ccc(OC(N)=O)cc2)ccc(OC(N)=O)c1CCCCOC=C.